The lowest BCUT2D eigenvalue weighted by molar-refractivity contribution is -0.126. The number of ether oxygens (including phenoxy) is 1. The third-order valence-corrected chi connectivity index (χ3v) is 5.76. The second-order valence-corrected chi connectivity index (χ2v) is 8.29. The number of carbonyl (C=O) groups is 3. The molecule has 0 spiro atoms. The number of esters is 1. The number of halogens is 1. The highest BCUT2D eigenvalue weighted by molar-refractivity contribution is 6.30. The highest BCUT2D eigenvalue weighted by atomic mass is 35.5. The monoisotopic (exact) mass is 466 g/mol. The third kappa shape index (κ3) is 4.34. The molecule has 8 nitrogen and oxygen atoms in total. The highest BCUT2D eigenvalue weighted by Gasteiger charge is 2.49. The summed E-state index contributed by atoms with van der Waals surface area (Å²) in [5.74, 6) is -1.43. The van der Waals surface area contributed by atoms with Crippen LogP contribution in [-0.4, -0.2) is 39.7 Å². The number of hydrogen-bond acceptors (Lipinski definition) is 5. The van der Waals surface area contributed by atoms with E-state index in [-0.39, 0.29) is 30.4 Å². The first-order valence-electron chi connectivity index (χ1n) is 10.5. The van der Waals surface area contributed by atoms with Crippen molar-refractivity contribution in [1.82, 2.24) is 15.1 Å². The minimum Gasteiger partial charge on any atom is -0.461 e. The average molecular weight is 467 g/mol. The number of aromatic nitrogens is 2. The van der Waals surface area contributed by atoms with Crippen LogP contribution in [0.3, 0.4) is 0 Å². The summed E-state index contributed by atoms with van der Waals surface area (Å²) in [5, 5.41) is 7.69. The molecule has 1 atom stereocenters. The van der Waals surface area contributed by atoms with Crippen LogP contribution in [0.25, 0.3) is 0 Å². The maximum Gasteiger partial charge on any atom is 0.358 e. The van der Waals surface area contributed by atoms with E-state index in [2.05, 4.69) is 10.4 Å². The molecule has 4 rings (SSSR count). The number of nitrogens with one attached hydrogen (secondary N) is 1. The molecule has 33 heavy (non-hydrogen) atoms. The smallest absolute Gasteiger partial charge is 0.358 e. The first-order chi connectivity index (χ1) is 15.8. The molecule has 2 amide bonds. The predicted molar refractivity (Wildman–Crippen MR) is 123 cm³/mol. The van der Waals surface area contributed by atoms with Crippen LogP contribution in [0.2, 0.25) is 5.02 Å². The van der Waals surface area contributed by atoms with Crippen LogP contribution in [0.15, 0.2) is 60.7 Å². The van der Waals surface area contributed by atoms with Gasteiger partial charge in [0.2, 0.25) is 5.91 Å². The van der Waals surface area contributed by atoms with Gasteiger partial charge in [0.1, 0.15) is 11.2 Å². The Morgan fingerprint density at radius 1 is 1.15 bits per heavy atom. The summed E-state index contributed by atoms with van der Waals surface area (Å²) in [5.41, 5.74) is 0.336. The number of anilines is 1. The van der Waals surface area contributed by atoms with Crippen LogP contribution in [-0.2, 0) is 22.6 Å². The van der Waals surface area contributed by atoms with Crippen molar-refractivity contribution in [3.8, 4) is 0 Å². The molecule has 0 saturated heterocycles. The van der Waals surface area contributed by atoms with E-state index in [1.807, 2.05) is 30.3 Å². The molecule has 0 bridgehead atoms. The maximum absolute atomic E-state index is 13.6. The predicted octanol–water partition coefficient (Wildman–Crippen LogP) is 3.45. The van der Waals surface area contributed by atoms with Crippen molar-refractivity contribution < 1.29 is 19.1 Å². The van der Waals surface area contributed by atoms with E-state index < -0.39 is 17.4 Å². The zero-order valence-electron chi connectivity index (χ0n) is 18.2. The van der Waals surface area contributed by atoms with Crippen molar-refractivity contribution in [1.29, 1.82) is 0 Å². The third-order valence-electron chi connectivity index (χ3n) is 5.51. The molecule has 3 aromatic rings. The van der Waals surface area contributed by atoms with E-state index >= 15 is 0 Å². The quantitative estimate of drug-likeness (QED) is 0.561. The Kier molecular flexibility index (Phi) is 6.20. The van der Waals surface area contributed by atoms with Gasteiger partial charge in [-0.25, -0.2) is 4.79 Å². The molecule has 0 radical (unpaired) electrons. The fourth-order valence-corrected chi connectivity index (χ4v) is 3.98. The molecular formula is C24H23ClN4O4. The van der Waals surface area contributed by atoms with Gasteiger partial charge in [0.15, 0.2) is 5.69 Å². The van der Waals surface area contributed by atoms with E-state index in [1.165, 1.54) is 15.6 Å². The summed E-state index contributed by atoms with van der Waals surface area (Å²) in [6, 6.07) is 17.6. The standard InChI is InChI=1S/C24H23ClN4O4/c1-3-33-22(31)19-13-20-21(30)29(18-11-9-17(25)10-12-18)24(2,15-28(20)27-19)23(32)26-14-16-7-5-4-6-8-16/h4-13H,3,14-15H2,1-2H3,(H,26,32). The maximum atomic E-state index is 13.6. The summed E-state index contributed by atoms with van der Waals surface area (Å²) >= 11 is 6.04. The average Bonchev–Trinajstić information content (AvgIpc) is 3.24. The molecule has 1 aromatic heterocycles. The lowest BCUT2D eigenvalue weighted by Gasteiger charge is -2.43. The van der Waals surface area contributed by atoms with Gasteiger partial charge in [-0.2, -0.15) is 5.10 Å². The second-order valence-electron chi connectivity index (χ2n) is 7.85. The first kappa shape index (κ1) is 22.5. The Balaban J connectivity index is 1.72. The summed E-state index contributed by atoms with van der Waals surface area (Å²) in [7, 11) is 0. The van der Waals surface area contributed by atoms with Gasteiger partial charge in [-0.3, -0.25) is 19.2 Å². The molecule has 1 unspecified atom stereocenters. The Bertz CT molecular complexity index is 1190. The molecule has 0 aliphatic carbocycles. The minimum absolute atomic E-state index is 0.0187. The van der Waals surface area contributed by atoms with Crippen molar-refractivity contribution >= 4 is 35.1 Å². The van der Waals surface area contributed by atoms with Gasteiger partial charge in [0.05, 0.1) is 13.2 Å². The van der Waals surface area contributed by atoms with Crippen LogP contribution < -0.4 is 10.2 Å². The Hall–Kier alpha value is -3.65. The van der Waals surface area contributed by atoms with Gasteiger partial charge in [0, 0.05) is 23.3 Å². The largest absolute Gasteiger partial charge is 0.461 e. The van der Waals surface area contributed by atoms with Gasteiger partial charge >= 0.3 is 5.97 Å². The van der Waals surface area contributed by atoms with E-state index in [4.69, 9.17) is 16.3 Å². The zero-order valence-corrected chi connectivity index (χ0v) is 19.0. The first-order valence-corrected chi connectivity index (χ1v) is 10.9. The van der Waals surface area contributed by atoms with Crippen LogP contribution >= 0.6 is 11.6 Å². The Morgan fingerprint density at radius 2 is 1.85 bits per heavy atom. The van der Waals surface area contributed by atoms with E-state index in [0.717, 1.165) is 5.56 Å². The molecule has 0 saturated carbocycles. The summed E-state index contributed by atoms with van der Waals surface area (Å²) in [4.78, 5) is 40.7. The molecular weight excluding hydrogens is 444 g/mol. The number of rotatable bonds is 6. The van der Waals surface area contributed by atoms with Gasteiger partial charge in [-0.15, -0.1) is 0 Å². The fraction of sp³-hybridized carbons (Fsp3) is 0.250. The molecule has 1 aliphatic heterocycles. The second kappa shape index (κ2) is 9.07. The zero-order chi connectivity index (χ0) is 23.6. The highest BCUT2D eigenvalue weighted by Crippen LogP contribution is 2.33. The summed E-state index contributed by atoms with van der Waals surface area (Å²) in [6.07, 6.45) is 0. The molecule has 170 valence electrons. The number of benzene rings is 2. The number of carbonyl (C=O) groups excluding carboxylic acids is 3. The molecule has 1 aliphatic rings. The normalized spacial score (nSPS) is 17.4. The lowest BCUT2D eigenvalue weighted by atomic mass is 9.94. The number of hydrogen-bond donors (Lipinski definition) is 1. The topological polar surface area (TPSA) is 93.5 Å². The van der Waals surface area contributed by atoms with Gasteiger partial charge in [-0.1, -0.05) is 41.9 Å². The van der Waals surface area contributed by atoms with Gasteiger partial charge < -0.3 is 10.1 Å². The van der Waals surface area contributed by atoms with Crippen LogP contribution in [0, 0.1) is 0 Å². The van der Waals surface area contributed by atoms with Crippen LogP contribution in [0.4, 0.5) is 5.69 Å². The fourth-order valence-electron chi connectivity index (χ4n) is 3.85. The van der Waals surface area contributed by atoms with E-state index in [1.54, 1.807) is 38.1 Å². The van der Waals surface area contributed by atoms with Crippen LogP contribution in [0.5, 0.6) is 0 Å². The molecule has 0 fully saturated rings. The van der Waals surface area contributed by atoms with Crippen molar-refractivity contribution in [2.24, 2.45) is 0 Å². The number of fused-ring (bicyclic) bond motifs is 1. The Labute approximate surface area is 196 Å². The molecule has 2 aromatic carbocycles. The van der Waals surface area contributed by atoms with Gasteiger partial charge in [0.25, 0.3) is 5.91 Å². The van der Waals surface area contributed by atoms with Crippen molar-refractivity contribution in [3.05, 3.63) is 82.6 Å². The van der Waals surface area contributed by atoms with E-state index in [0.29, 0.717) is 17.3 Å². The number of nitrogens with zero attached hydrogens (tertiary/aromatic N) is 3. The van der Waals surface area contributed by atoms with Crippen molar-refractivity contribution in [2.45, 2.75) is 32.5 Å². The Morgan fingerprint density at radius 3 is 2.52 bits per heavy atom. The van der Waals surface area contributed by atoms with Crippen molar-refractivity contribution in [3.63, 3.8) is 0 Å². The van der Waals surface area contributed by atoms with Gasteiger partial charge in [-0.05, 0) is 43.7 Å². The van der Waals surface area contributed by atoms with Crippen LogP contribution in [0.1, 0.15) is 40.4 Å². The molecule has 1 N–H and O–H groups in total. The van der Waals surface area contributed by atoms with Crippen molar-refractivity contribution in [2.75, 3.05) is 11.5 Å². The molecule has 2 heterocycles. The minimum atomic E-state index is -1.31. The number of amides is 2. The SMILES string of the molecule is CCOC(=O)c1cc2n(n1)CC(C)(C(=O)NCc1ccccc1)N(c1ccc(Cl)cc1)C2=O. The molecule has 9 heteroatoms. The van der Waals surface area contributed by atoms with E-state index in [9.17, 15) is 14.4 Å². The summed E-state index contributed by atoms with van der Waals surface area (Å²) in [6.45, 7) is 3.91. The summed E-state index contributed by atoms with van der Waals surface area (Å²) < 4.78 is 6.41. The lowest BCUT2D eigenvalue weighted by Crippen LogP contribution is -2.64.